The predicted octanol–water partition coefficient (Wildman–Crippen LogP) is 3.77. The normalized spacial score (nSPS) is 10.9. The van der Waals surface area contributed by atoms with Gasteiger partial charge in [-0.1, -0.05) is 37.4 Å². The number of nitrogens with zero attached hydrogens (tertiary/aromatic N) is 1. The number of anilines is 1. The Kier molecular flexibility index (Phi) is 4.42. The Morgan fingerprint density at radius 3 is 2.40 bits per heavy atom. The van der Waals surface area contributed by atoms with Crippen LogP contribution >= 0.6 is 0 Å². The molecule has 1 aromatic rings. The average Bonchev–Trinajstić information content (AvgIpc) is 2.30. The molecule has 0 spiro atoms. The predicted molar refractivity (Wildman–Crippen MR) is 67.9 cm³/mol. The lowest BCUT2D eigenvalue weighted by Crippen LogP contribution is -2.20. The number of likely N-dealkylation sites (N-methyl/N-ethyl adjacent to an activating group) is 1. The second kappa shape index (κ2) is 5.86. The molecule has 0 saturated heterocycles. The summed E-state index contributed by atoms with van der Waals surface area (Å²) < 4.78 is 0. The van der Waals surface area contributed by atoms with Crippen molar-refractivity contribution < 1.29 is 0 Å². The second-order valence-electron chi connectivity index (χ2n) is 3.11. The zero-order chi connectivity index (χ0) is 11.1. The zero-order valence-corrected chi connectivity index (χ0v) is 9.19. The highest BCUT2D eigenvalue weighted by Gasteiger charge is 2.05. The SMILES string of the molecule is C=C/C=C(\C=C)N(CC)c1ccccc1. The highest BCUT2D eigenvalue weighted by molar-refractivity contribution is 5.54. The molecule has 0 aromatic heterocycles. The van der Waals surface area contributed by atoms with E-state index in [1.807, 2.05) is 30.4 Å². The molecule has 15 heavy (non-hydrogen) atoms. The lowest BCUT2D eigenvalue weighted by molar-refractivity contribution is 0.979. The number of para-hydroxylation sites is 1. The molecule has 0 aliphatic carbocycles. The van der Waals surface area contributed by atoms with Crippen LogP contribution in [0.15, 0.2) is 67.4 Å². The van der Waals surface area contributed by atoms with E-state index in [-0.39, 0.29) is 0 Å². The summed E-state index contributed by atoms with van der Waals surface area (Å²) >= 11 is 0. The quantitative estimate of drug-likeness (QED) is 0.652. The topological polar surface area (TPSA) is 3.24 Å². The molecule has 0 fully saturated rings. The van der Waals surface area contributed by atoms with E-state index >= 15 is 0 Å². The van der Waals surface area contributed by atoms with E-state index in [9.17, 15) is 0 Å². The summed E-state index contributed by atoms with van der Waals surface area (Å²) in [5, 5.41) is 0. The van der Waals surface area contributed by atoms with Crippen LogP contribution in [-0.2, 0) is 0 Å². The summed E-state index contributed by atoms with van der Waals surface area (Å²) in [4.78, 5) is 2.19. The molecule has 0 amide bonds. The third-order valence-corrected chi connectivity index (χ3v) is 2.19. The third-order valence-electron chi connectivity index (χ3n) is 2.19. The molecular weight excluding hydrogens is 182 g/mol. The van der Waals surface area contributed by atoms with Crippen LogP contribution in [0.25, 0.3) is 0 Å². The van der Waals surface area contributed by atoms with Crippen LogP contribution in [0.2, 0.25) is 0 Å². The lowest BCUT2D eigenvalue weighted by Gasteiger charge is -2.23. The molecule has 1 rings (SSSR count). The molecule has 0 atom stereocenters. The number of benzene rings is 1. The maximum absolute atomic E-state index is 3.82. The first kappa shape index (κ1) is 11.3. The van der Waals surface area contributed by atoms with Crippen LogP contribution in [0.4, 0.5) is 5.69 Å². The van der Waals surface area contributed by atoms with Gasteiger partial charge in [0.2, 0.25) is 0 Å². The van der Waals surface area contributed by atoms with E-state index in [2.05, 4.69) is 37.1 Å². The van der Waals surface area contributed by atoms with Crippen molar-refractivity contribution in [1.29, 1.82) is 0 Å². The van der Waals surface area contributed by atoms with Crippen LogP contribution in [0.5, 0.6) is 0 Å². The molecule has 0 heterocycles. The molecular formula is C14H17N. The van der Waals surface area contributed by atoms with E-state index in [4.69, 9.17) is 0 Å². The fourth-order valence-electron chi connectivity index (χ4n) is 1.51. The Bertz CT molecular complexity index is 349. The van der Waals surface area contributed by atoms with Crippen molar-refractivity contribution in [3.05, 3.63) is 67.4 Å². The van der Waals surface area contributed by atoms with Crippen molar-refractivity contribution in [2.24, 2.45) is 0 Å². The number of hydrogen-bond acceptors (Lipinski definition) is 1. The van der Waals surface area contributed by atoms with Crippen LogP contribution < -0.4 is 4.90 Å². The summed E-state index contributed by atoms with van der Waals surface area (Å²) in [5.41, 5.74) is 2.24. The van der Waals surface area contributed by atoms with Crippen molar-refractivity contribution in [3.8, 4) is 0 Å². The number of hydrogen-bond donors (Lipinski definition) is 0. The molecule has 0 unspecified atom stereocenters. The van der Waals surface area contributed by atoms with Gasteiger partial charge in [0.1, 0.15) is 0 Å². The Labute approximate surface area is 92.0 Å². The first-order valence-electron chi connectivity index (χ1n) is 5.11. The third kappa shape index (κ3) is 2.84. The summed E-state index contributed by atoms with van der Waals surface area (Å²) in [5.74, 6) is 0. The van der Waals surface area contributed by atoms with Crippen molar-refractivity contribution in [1.82, 2.24) is 0 Å². The Hall–Kier alpha value is -1.76. The summed E-state index contributed by atoms with van der Waals surface area (Å²) in [6.07, 6.45) is 5.59. The average molecular weight is 199 g/mol. The van der Waals surface area contributed by atoms with Gasteiger partial charge in [-0.3, -0.25) is 0 Å². The first-order chi connectivity index (χ1) is 7.33. The van der Waals surface area contributed by atoms with Gasteiger partial charge in [-0.05, 0) is 31.2 Å². The fourth-order valence-corrected chi connectivity index (χ4v) is 1.51. The first-order valence-corrected chi connectivity index (χ1v) is 5.11. The monoisotopic (exact) mass is 199 g/mol. The molecule has 78 valence electrons. The molecule has 1 aromatic carbocycles. The molecule has 0 radical (unpaired) electrons. The smallest absolute Gasteiger partial charge is 0.0410 e. The van der Waals surface area contributed by atoms with Crippen LogP contribution in [0.1, 0.15) is 6.92 Å². The molecule has 1 nitrogen and oxygen atoms in total. The molecule has 0 aliphatic heterocycles. The molecule has 0 bridgehead atoms. The summed E-state index contributed by atoms with van der Waals surface area (Å²) in [7, 11) is 0. The van der Waals surface area contributed by atoms with Crippen molar-refractivity contribution >= 4 is 5.69 Å². The van der Waals surface area contributed by atoms with Gasteiger partial charge in [0.25, 0.3) is 0 Å². The molecule has 1 heteroatoms. The van der Waals surface area contributed by atoms with Gasteiger partial charge in [-0.25, -0.2) is 0 Å². The summed E-state index contributed by atoms with van der Waals surface area (Å²) in [6.45, 7) is 10.6. The minimum Gasteiger partial charge on any atom is -0.342 e. The van der Waals surface area contributed by atoms with Gasteiger partial charge in [-0.15, -0.1) is 0 Å². The number of rotatable bonds is 5. The van der Waals surface area contributed by atoms with Gasteiger partial charge in [0.05, 0.1) is 0 Å². The van der Waals surface area contributed by atoms with Gasteiger partial charge in [0.15, 0.2) is 0 Å². The Morgan fingerprint density at radius 1 is 1.27 bits per heavy atom. The van der Waals surface area contributed by atoms with Crippen molar-refractivity contribution in [2.75, 3.05) is 11.4 Å². The van der Waals surface area contributed by atoms with E-state index in [1.54, 1.807) is 6.08 Å². The maximum Gasteiger partial charge on any atom is 0.0410 e. The molecule has 0 aliphatic rings. The van der Waals surface area contributed by atoms with Gasteiger partial charge in [-0.2, -0.15) is 0 Å². The second-order valence-corrected chi connectivity index (χ2v) is 3.11. The number of allylic oxidation sites excluding steroid dienone is 3. The Balaban J connectivity index is 3.03. The maximum atomic E-state index is 3.82. The summed E-state index contributed by atoms with van der Waals surface area (Å²) in [6, 6.07) is 10.3. The van der Waals surface area contributed by atoms with Crippen LogP contribution in [-0.4, -0.2) is 6.54 Å². The zero-order valence-electron chi connectivity index (χ0n) is 9.19. The van der Waals surface area contributed by atoms with E-state index in [0.29, 0.717) is 0 Å². The van der Waals surface area contributed by atoms with Gasteiger partial charge >= 0.3 is 0 Å². The lowest BCUT2D eigenvalue weighted by atomic mass is 10.2. The van der Waals surface area contributed by atoms with Gasteiger partial charge in [0, 0.05) is 17.9 Å². The highest BCUT2D eigenvalue weighted by Crippen LogP contribution is 2.18. The molecule has 0 N–H and O–H groups in total. The fraction of sp³-hybridized carbons (Fsp3) is 0.143. The van der Waals surface area contributed by atoms with E-state index in [1.165, 1.54) is 5.69 Å². The highest BCUT2D eigenvalue weighted by atomic mass is 15.1. The minimum atomic E-state index is 0.912. The largest absolute Gasteiger partial charge is 0.342 e. The van der Waals surface area contributed by atoms with E-state index in [0.717, 1.165) is 12.2 Å². The van der Waals surface area contributed by atoms with Crippen LogP contribution in [0.3, 0.4) is 0 Å². The van der Waals surface area contributed by atoms with Crippen molar-refractivity contribution in [3.63, 3.8) is 0 Å². The van der Waals surface area contributed by atoms with E-state index < -0.39 is 0 Å². The van der Waals surface area contributed by atoms with Crippen LogP contribution in [0, 0.1) is 0 Å². The standard InChI is InChI=1S/C14H17N/c1-4-10-13(5-2)15(6-3)14-11-8-7-9-12-14/h4-5,7-12H,1-2,6H2,3H3/b13-10+. The van der Waals surface area contributed by atoms with Gasteiger partial charge < -0.3 is 4.90 Å². The van der Waals surface area contributed by atoms with Crippen molar-refractivity contribution in [2.45, 2.75) is 6.92 Å². The minimum absolute atomic E-state index is 0.912. The Morgan fingerprint density at radius 2 is 1.93 bits per heavy atom. The molecule has 0 saturated carbocycles.